The van der Waals surface area contributed by atoms with Crippen LogP contribution in [0.2, 0.25) is 0 Å². The Labute approximate surface area is 150 Å². The van der Waals surface area contributed by atoms with Gasteiger partial charge in [0.1, 0.15) is 6.47 Å². The molecule has 0 spiro atoms. The van der Waals surface area contributed by atoms with E-state index in [0.29, 0.717) is 12.8 Å². The Morgan fingerprint density at radius 2 is 1.05 bits per heavy atom. The maximum absolute atomic E-state index is 12.5. The summed E-state index contributed by atoms with van der Waals surface area (Å²) in [5.41, 5.74) is 5.35. The van der Waals surface area contributed by atoms with Crippen LogP contribution in [0.5, 0.6) is 0 Å². The largest absolute Gasteiger partial charge is 0.292 e. The molecule has 2 nitrogen and oxygen atoms in total. The van der Waals surface area contributed by atoms with E-state index in [-0.39, 0.29) is 11.6 Å². The number of halogens is 4. The van der Waals surface area contributed by atoms with Crippen molar-refractivity contribution in [2.75, 3.05) is 0 Å². The standard InChI is InChI=1S/C14H10Br4O2/c1-5-7-3-13(15,16)12(20)10(7)6(2)8-4-14(17,18)11(19)9(5)8/h3-4H2,1-2H3. The topological polar surface area (TPSA) is 34.1 Å². The van der Waals surface area contributed by atoms with Gasteiger partial charge in [-0.25, -0.2) is 0 Å². The van der Waals surface area contributed by atoms with Crippen LogP contribution in [0.15, 0.2) is 0 Å². The molecule has 0 N–H and O–H groups in total. The van der Waals surface area contributed by atoms with Gasteiger partial charge in [-0.1, -0.05) is 63.7 Å². The second kappa shape index (κ2) is 4.49. The minimum Gasteiger partial charge on any atom is -0.292 e. The lowest BCUT2D eigenvalue weighted by atomic mass is 9.90. The van der Waals surface area contributed by atoms with Crippen LogP contribution < -0.4 is 0 Å². The summed E-state index contributed by atoms with van der Waals surface area (Å²) in [6.45, 7) is 3.87. The molecular formula is C14H10Br4O2. The van der Waals surface area contributed by atoms with Gasteiger partial charge in [0.2, 0.25) is 0 Å². The van der Waals surface area contributed by atoms with Gasteiger partial charge in [-0.2, -0.15) is 0 Å². The normalized spacial score (nSPS) is 22.1. The number of hydrogen-bond acceptors (Lipinski definition) is 2. The molecule has 0 saturated heterocycles. The highest BCUT2D eigenvalue weighted by molar-refractivity contribution is 9.26. The predicted molar refractivity (Wildman–Crippen MR) is 93.2 cm³/mol. The molecular weight excluding hydrogens is 520 g/mol. The van der Waals surface area contributed by atoms with E-state index in [2.05, 4.69) is 63.7 Å². The van der Waals surface area contributed by atoms with Crippen LogP contribution in [0, 0.1) is 13.8 Å². The van der Waals surface area contributed by atoms with Crippen LogP contribution in [0.25, 0.3) is 0 Å². The van der Waals surface area contributed by atoms with Crippen molar-refractivity contribution in [3.63, 3.8) is 0 Å². The molecule has 0 saturated carbocycles. The Kier molecular flexibility index (Phi) is 3.45. The van der Waals surface area contributed by atoms with E-state index in [0.717, 1.165) is 33.4 Å². The Hall–Kier alpha value is 0.480. The lowest BCUT2D eigenvalue weighted by Crippen LogP contribution is -2.20. The van der Waals surface area contributed by atoms with E-state index >= 15 is 0 Å². The summed E-state index contributed by atoms with van der Waals surface area (Å²) in [6, 6.07) is 0. The first-order valence-electron chi connectivity index (χ1n) is 6.08. The Bertz CT molecular complexity index is 629. The van der Waals surface area contributed by atoms with Gasteiger partial charge in [-0.05, 0) is 36.1 Å². The maximum Gasteiger partial charge on any atom is 0.191 e. The summed E-state index contributed by atoms with van der Waals surface area (Å²) in [6.07, 6.45) is 1.12. The molecule has 0 bridgehead atoms. The summed E-state index contributed by atoms with van der Waals surface area (Å²) in [5, 5.41) is 0. The molecule has 1 aromatic rings. The van der Waals surface area contributed by atoms with Crippen molar-refractivity contribution in [1.29, 1.82) is 0 Å². The van der Waals surface area contributed by atoms with E-state index in [1.165, 1.54) is 0 Å². The van der Waals surface area contributed by atoms with Crippen LogP contribution >= 0.6 is 63.7 Å². The van der Waals surface area contributed by atoms with E-state index in [9.17, 15) is 9.59 Å². The summed E-state index contributed by atoms with van der Waals surface area (Å²) < 4.78 is -1.45. The number of Topliss-reactive ketones (excluding diaryl/α,β-unsaturated/α-hetero) is 2. The number of carbonyl (C=O) groups is 2. The van der Waals surface area contributed by atoms with Crippen molar-refractivity contribution in [1.82, 2.24) is 0 Å². The van der Waals surface area contributed by atoms with Gasteiger partial charge in [-0.3, -0.25) is 9.59 Å². The van der Waals surface area contributed by atoms with Gasteiger partial charge in [-0.15, -0.1) is 0 Å². The number of rotatable bonds is 0. The van der Waals surface area contributed by atoms with Crippen molar-refractivity contribution >= 4 is 75.3 Å². The lowest BCUT2D eigenvalue weighted by molar-refractivity contribution is 0.0985. The highest BCUT2D eigenvalue weighted by atomic mass is 79.9. The summed E-state index contributed by atoms with van der Waals surface area (Å²) in [4.78, 5) is 25.1. The van der Waals surface area contributed by atoms with Crippen LogP contribution in [-0.2, 0) is 12.8 Å². The Morgan fingerprint density at radius 1 is 0.750 bits per heavy atom. The molecule has 0 radical (unpaired) electrons. The minimum atomic E-state index is -0.726. The molecule has 20 heavy (non-hydrogen) atoms. The molecule has 0 fully saturated rings. The maximum atomic E-state index is 12.5. The first-order valence-corrected chi connectivity index (χ1v) is 9.25. The average Bonchev–Trinajstić information content (AvgIpc) is 2.71. The molecule has 0 aliphatic heterocycles. The summed E-state index contributed by atoms with van der Waals surface area (Å²) >= 11 is 13.8. The zero-order chi connectivity index (χ0) is 15.0. The third kappa shape index (κ3) is 1.90. The fourth-order valence-electron chi connectivity index (χ4n) is 3.16. The number of carbonyl (C=O) groups excluding carboxylic acids is 2. The first-order chi connectivity index (χ1) is 9.08. The van der Waals surface area contributed by atoms with Crippen molar-refractivity contribution in [2.45, 2.75) is 33.2 Å². The summed E-state index contributed by atoms with van der Waals surface area (Å²) in [7, 11) is 0. The van der Waals surface area contributed by atoms with Crippen LogP contribution in [-0.4, -0.2) is 18.0 Å². The van der Waals surface area contributed by atoms with Gasteiger partial charge in [0.25, 0.3) is 0 Å². The highest BCUT2D eigenvalue weighted by Gasteiger charge is 2.49. The van der Waals surface area contributed by atoms with Crippen molar-refractivity contribution in [3.8, 4) is 0 Å². The number of hydrogen-bond donors (Lipinski definition) is 0. The SMILES string of the molecule is Cc1c2c(c(C)c3c1C(=O)C(Br)(Br)C3)C(=O)C(Br)(Br)C2. The second-order valence-corrected chi connectivity index (χ2v) is 12.9. The van der Waals surface area contributed by atoms with Gasteiger partial charge < -0.3 is 0 Å². The summed E-state index contributed by atoms with van der Waals surface area (Å²) in [5.74, 6) is 0.0926. The van der Waals surface area contributed by atoms with Gasteiger partial charge in [0, 0.05) is 24.0 Å². The van der Waals surface area contributed by atoms with Gasteiger partial charge in [0.05, 0.1) is 0 Å². The number of fused-ring (bicyclic) bond motifs is 2. The minimum absolute atomic E-state index is 0.0463. The highest BCUT2D eigenvalue weighted by Crippen LogP contribution is 2.50. The van der Waals surface area contributed by atoms with E-state index in [4.69, 9.17) is 0 Å². The lowest BCUT2D eigenvalue weighted by Gasteiger charge is -2.12. The average molecular weight is 530 g/mol. The van der Waals surface area contributed by atoms with Crippen LogP contribution in [0.3, 0.4) is 0 Å². The Balaban J connectivity index is 2.35. The molecule has 0 atom stereocenters. The number of benzene rings is 1. The molecule has 6 heteroatoms. The van der Waals surface area contributed by atoms with Crippen molar-refractivity contribution in [2.24, 2.45) is 0 Å². The van der Waals surface area contributed by atoms with Crippen molar-refractivity contribution < 1.29 is 9.59 Å². The number of ketones is 2. The molecule has 0 unspecified atom stereocenters. The Morgan fingerprint density at radius 3 is 1.35 bits per heavy atom. The smallest absolute Gasteiger partial charge is 0.191 e. The first kappa shape index (κ1) is 15.4. The van der Waals surface area contributed by atoms with Crippen LogP contribution in [0.1, 0.15) is 43.0 Å². The molecule has 0 amide bonds. The van der Waals surface area contributed by atoms with Gasteiger partial charge in [0.15, 0.2) is 11.6 Å². The van der Waals surface area contributed by atoms with E-state index < -0.39 is 6.47 Å². The zero-order valence-electron chi connectivity index (χ0n) is 10.7. The fourth-order valence-corrected chi connectivity index (χ4v) is 5.07. The third-order valence-corrected chi connectivity index (χ3v) is 6.74. The fraction of sp³-hybridized carbons (Fsp3) is 0.429. The molecule has 3 rings (SSSR count). The predicted octanol–water partition coefficient (Wildman–Crippen LogP) is 4.75. The molecule has 106 valence electrons. The molecule has 0 heterocycles. The molecule has 1 aromatic carbocycles. The van der Waals surface area contributed by atoms with E-state index in [1.807, 2.05) is 13.8 Å². The number of alkyl halides is 4. The third-order valence-electron chi connectivity index (χ3n) is 4.17. The quantitative estimate of drug-likeness (QED) is 0.455. The zero-order valence-corrected chi connectivity index (χ0v) is 17.1. The monoisotopic (exact) mass is 526 g/mol. The molecule has 2 aliphatic rings. The van der Waals surface area contributed by atoms with Gasteiger partial charge >= 0.3 is 0 Å². The van der Waals surface area contributed by atoms with Crippen molar-refractivity contribution in [3.05, 3.63) is 33.4 Å². The second-order valence-electron chi connectivity index (χ2n) is 5.38. The molecule has 2 aliphatic carbocycles. The van der Waals surface area contributed by atoms with E-state index in [1.54, 1.807) is 0 Å². The molecule has 0 aromatic heterocycles. The van der Waals surface area contributed by atoms with Crippen LogP contribution in [0.4, 0.5) is 0 Å².